The van der Waals surface area contributed by atoms with Gasteiger partial charge in [0.05, 0.1) is 0 Å². The summed E-state index contributed by atoms with van der Waals surface area (Å²) >= 11 is 1.96. The fraction of sp³-hybridized carbons (Fsp3) is 0.500. The number of rotatable bonds is 3. The van der Waals surface area contributed by atoms with Crippen molar-refractivity contribution in [3.63, 3.8) is 0 Å². The second-order valence-corrected chi connectivity index (χ2v) is 5.23. The molecular weight excluding hydrogens is 228 g/mol. The van der Waals surface area contributed by atoms with Gasteiger partial charge in [0.2, 0.25) is 0 Å². The number of benzene rings is 1. The van der Waals surface area contributed by atoms with Crippen LogP contribution in [0.25, 0.3) is 0 Å². The Balaban J connectivity index is 1.88. The summed E-state index contributed by atoms with van der Waals surface area (Å²) in [6, 6.07) is 4.23. The largest absolute Gasteiger partial charge is 0.310 e. The maximum atomic E-state index is 13.3. The molecule has 16 heavy (non-hydrogen) atoms. The normalized spacial score (nSPS) is 17.6. The summed E-state index contributed by atoms with van der Waals surface area (Å²) in [4.78, 5) is 0. The molecule has 0 unspecified atom stereocenters. The van der Waals surface area contributed by atoms with E-state index in [9.17, 15) is 8.78 Å². The van der Waals surface area contributed by atoms with Crippen molar-refractivity contribution in [3.05, 3.63) is 35.4 Å². The van der Waals surface area contributed by atoms with E-state index in [0.717, 1.165) is 18.9 Å². The molecular formula is C12H15F2NS. The van der Waals surface area contributed by atoms with Crippen molar-refractivity contribution in [2.75, 3.05) is 11.5 Å². The summed E-state index contributed by atoms with van der Waals surface area (Å²) in [7, 11) is 0. The van der Waals surface area contributed by atoms with Crippen LogP contribution in [0.4, 0.5) is 8.78 Å². The van der Waals surface area contributed by atoms with Crippen LogP contribution in [0.1, 0.15) is 18.4 Å². The van der Waals surface area contributed by atoms with Crippen LogP contribution < -0.4 is 5.32 Å². The third kappa shape index (κ3) is 3.19. The van der Waals surface area contributed by atoms with E-state index in [1.54, 1.807) is 0 Å². The van der Waals surface area contributed by atoms with Gasteiger partial charge in [-0.15, -0.1) is 0 Å². The molecule has 1 aliphatic heterocycles. The molecule has 1 N–H and O–H groups in total. The molecule has 4 heteroatoms. The Hall–Kier alpha value is -0.610. The monoisotopic (exact) mass is 243 g/mol. The van der Waals surface area contributed by atoms with Crippen molar-refractivity contribution < 1.29 is 8.78 Å². The van der Waals surface area contributed by atoms with Crippen LogP contribution in [0.3, 0.4) is 0 Å². The van der Waals surface area contributed by atoms with E-state index in [1.807, 2.05) is 11.8 Å². The predicted octanol–water partition coefficient (Wildman–Crippen LogP) is 2.95. The molecule has 0 bridgehead atoms. The molecule has 0 radical (unpaired) electrons. The van der Waals surface area contributed by atoms with Crippen LogP contribution in [0.2, 0.25) is 0 Å². The molecule has 1 saturated heterocycles. The number of halogens is 2. The van der Waals surface area contributed by atoms with Gasteiger partial charge >= 0.3 is 0 Å². The van der Waals surface area contributed by atoms with Gasteiger partial charge in [0.1, 0.15) is 11.6 Å². The molecule has 0 amide bonds. The standard InChI is InChI=1S/C12H15F2NS/c13-10-2-1-9(12(14)7-10)8-15-11-3-5-16-6-4-11/h1-2,7,11,15H,3-6,8H2. The second-order valence-electron chi connectivity index (χ2n) is 4.00. The van der Waals surface area contributed by atoms with Gasteiger partial charge in [-0.05, 0) is 30.4 Å². The Kier molecular flexibility index (Phi) is 4.18. The van der Waals surface area contributed by atoms with Crippen LogP contribution in [-0.4, -0.2) is 17.5 Å². The highest BCUT2D eigenvalue weighted by atomic mass is 32.2. The summed E-state index contributed by atoms with van der Waals surface area (Å²) in [6.45, 7) is 0.488. The first kappa shape index (κ1) is 11.9. The van der Waals surface area contributed by atoms with Crippen LogP contribution in [0, 0.1) is 11.6 Å². The SMILES string of the molecule is Fc1ccc(CNC2CCSCC2)c(F)c1. The first-order valence-corrected chi connectivity index (χ1v) is 6.66. The molecule has 1 nitrogen and oxygen atoms in total. The molecule has 1 heterocycles. The van der Waals surface area contributed by atoms with E-state index in [2.05, 4.69) is 5.32 Å². The van der Waals surface area contributed by atoms with Crippen molar-refractivity contribution in [2.45, 2.75) is 25.4 Å². The second kappa shape index (κ2) is 5.64. The molecule has 0 spiro atoms. The van der Waals surface area contributed by atoms with E-state index < -0.39 is 11.6 Å². The fourth-order valence-electron chi connectivity index (χ4n) is 1.82. The summed E-state index contributed by atoms with van der Waals surface area (Å²) in [5.41, 5.74) is 0.541. The van der Waals surface area contributed by atoms with E-state index in [-0.39, 0.29) is 0 Å². The Bertz CT molecular complexity index is 351. The molecule has 0 aliphatic carbocycles. The topological polar surface area (TPSA) is 12.0 Å². The molecule has 1 aromatic rings. The highest BCUT2D eigenvalue weighted by molar-refractivity contribution is 7.99. The van der Waals surface area contributed by atoms with Crippen molar-refractivity contribution in [1.82, 2.24) is 5.32 Å². The maximum absolute atomic E-state index is 13.3. The first-order chi connectivity index (χ1) is 7.75. The Morgan fingerprint density at radius 3 is 2.69 bits per heavy atom. The number of thioether (sulfide) groups is 1. The quantitative estimate of drug-likeness (QED) is 0.876. The summed E-state index contributed by atoms with van der Waals surface area (Å²) in [5.74, 6) is 1.36. The average Bonchev–Trinajstić information content (AvgIpc) is 2.29. The lowest BCUT2D eigenvalue weighted by atomic mass is 10.1. The molecule has 0 aromatic heterocycles. The van der Waals surface area contributed by atoms with Crippen molar-refractivity contribution in [1.29, 1.82) is 0 Å². The third-order valence-electron chi connectivity index (χ3n) is 2.82. The summed E-state index contributed by atoms with van der Waals surface area (Å²) in [6.07, 6.45) is 2.26. The molecule has 0 atom stereocenters. The van der Waals surface area contributed by atoms with Crippen LogP contribution in [0.15, 0.2) is 18.2 Å². The molecule has 0 saturated carbocycles. The predicted molar refractivity (Wildman–Crippen MR) is 63.5 cm³/mol. The highest BCUT2D eigenvalue weighted by Gasteiger charge is 2.13. The molecule has 1 aromatic carbocycles. The van der Waals surface area contributed by atoms with Gasteiger partial charge in [0, 0.05) is 24.2 Å². The van der Waals surface area contributed by atoms with Gasteiger partial charge in [0.15, 0.2) is 0 Å². The van der Waals surface area contributed by atoms with E-state index >= 15 is 0 Å². The Labute approximate surface area is 98.6 Å². The minimum atomic E-state index is -0.518. The average molecular weight is 243 g/mol. The number of nitrogens with one attached hydrogen (secondary N) is 1. The van der Waals surface area contributed by atoms with Crippen LogP contribution >= 0.6 is 11.8 Å². The number of hydrogen-bond acceptors (Lipinski definition) is 2. The van der Waals surface area contributed by atoms with E-state index in [0.29, 0.717) is 18.2 Å². The zero-order valence-electron chi connectivity index (χ0n) is 9.01. The van der Waals surface area contributed by atoms with Crippen molar-refractivity contribution >= 4 is 11.8 Å². The number of hydrogen-bond donors (Lipinski definition) is 1. The molecule has 1 fully saturated rings. The lowest BCUT2D eigenvalue weighted by molar-refractivity contribution is 0.471. The lowest BCUT2D eigenvalue weighted by Crippen LogP contribution is -2.32. The molecule has 88 valence electrons. The van der Waals surface area contributed by atoms with Crippen molar-refractivity contribution in [2.24, 2.45) is 0 Å². The maximum Gasteiger partial charge on any atom is 0.130 e. The first-order valence-electron chi connectivity index (χ1n) is 5.51. The van der Waals surface area contributed by atoms with Gasteiger partial charge in [0.25, 0.3) is 0 Å². The van der Waals surface area contributed by atoms with Crippen LogP contribution in [-0.2, 0) is 6.54 Å². The summed E-state index contributed by atoms with van der Waals surface area (Å²) in [5, 5.41) is 3.32. The van der Waals surface area contributed by atoms with Crippen molar-refractivity contribution in [3.8, 4) is 0 Å². The van der Waals surface area contributed by atoms with Gasteiger partial charge in [-0.1, -0.05) is 6.07 Å². The van der Waals surface area contributed by atoms with E-state index in [4.69, 9.17) is 0 Å². The van der Waals surface area contributed by atoms with E-state index in [1.165, 1.54) is 23.6 Å². The zero-order valence-corrected chi connectivity index (χ0v) is 9.83. The summed E-state index contributed by atoms with van der Waals surface area (Å²) < 4.78 is 26.0. The van der Waals surface area contributed by atoms with Gasteiger partial charge in [-0.3, -0.25) is 0 Å². The van der Waals surface area contributed by atoms with Crippen LogP contribution in [0.5, 0.6) is 0 Å². The Morgan fingerprint density at radius 1 is 1.25 bits per heavy atom. The lowest BCUT2D eigenvalue weighted by Gasteiger charge is -2.22. The highest BCUT2D eigenvalue weighted by Crippen LogP contribution is 2.17. The minimum absolute atomic E-state index is 0.460. The van der Waals surface area contributed by atoms with Gasteiger partial charge in [-0.25, -0.2) is 8.78 Å². The molecule has 2 rings (SSSR count). The zero-order chi connectivity index (χ0) is 11.4. The van der Waals surface area contributed by atoms with Gasteiger partial charge < -0.3 is 5.32 Å². The Morgan fingerprint density at radius 2 is 2.00 bits per heavy atom. The minimum Gasteiger partial charge on any atom is -0.310 e. The smallest absolute Gasteiger partial charge is 0.130 e. The van der Waals surface area contributed by atoms with Gasteiger partial charge in [-0.2, -0.15) is 11.8 Å². The fourth-order valence-corrected chi connectivity index (χ4v) is 2.93. The third-order valence-corrected chi connectivity index (χ3v) is 3.87. The molecule has 1 aliphatic rings.